The molecular formula is C15H23ClFN3O. The van der Waals surface area contributed by atoms with Crippen LogP contribution < -0.4 is 10.6 Å². The Labute approximate surface area is 131 Å². The Hall–Kier alpha value is -1.17. The topological polar surface area (TPSA) is 44.4 Å². The van der Waals surface area contributed by atoms with E-state index >= 15 is 0 Å². The first-order valence-electron chi connectivity index (χ1n) is 7.15. The number of nitrogens with zero attached hydrogens (tertiary/aromatic N) is 1. The molecule has 1 aromatic rings. The predicted molar refractivity (Wildman–Crippen MR) is 84.6 cm³/mol. The van der Waals surface area contributed by atoms with E-state index in [1.807, 2.05) is 0 Å². The molecular weight excluding hydrogens is 293 g/mol. The Balaban J connectivity index is 0.00000220. The molecule has 1 saturated heterocycles. The summed E-state index contributed by atoms with van der Waals surface area (Å²) in [6.45, 7) is 7.38. The van der Waals surface area contributed by atoms with Crippen molar-refractivity contribution in [3.63, 3.8) is 0 Å². The first kappa shape index (κ1) is 17.9. The minimum absolute atomic E-state index is 0. The fourth-order valence-electron chi connectivity index (χ4n) is 2.36. The second-order valence-corrected chi connectivity index (χ2v) is 5.14. The minimum atomic E-state index is -0.424. The van der Waals surface area contributed by atoms with Crippen LogP contribution in [0.4, 0.5) is 4.39 Å². The van der Waals surface area contributed by atoms with E-state index in [4.69, 9.17) is 0 Å². The average molecular weight is 316 g/mol. The van der Waals surface area contributed by atoms with E-state index in [-0.39, 0.29) is 23.9 Å². The number of hydrogen-bond acceptors (Lipinski definition) is 3. The Morgan fingerprint density at radius 2 is 2.10 bits per heavy atom. The molecule has 0 radical (unpaired) electrons. The molecule has 118 valence electrons. The molecule has 0 atom stereocenters. The largest absolute Gasteiger partial charge is 0.352 e. The van der Waals surface area contributed by atoms with Crippen LogP contribution in [0.1, 0.15) is 22.3 Å². The summed E-state index contributed by atoms with van der Waals surface area (Å²) in [5.41, 5.74) is 0.630. The second kappa shape index (κ2) is 8.97. The van der Waals surface area contributed by atoms with Crippen LogP contribution in [0, 0.1) is 12.7 Å². The Kier molecular flexibility index (Phi) is 7.64. The lowest BCUT2D eigenvalue weighted by atomic mass is 10.1. The smallest absolute Gasteiger partial charge is 0.254 e. The van der Waals surface area contributed by atoms with Crippen molar-refractivity contribution in [1.82, 2.24) is 15.5 Å². The highest BCUT2D eigenvalue weighted by molar-refractivity contribution is 5.94. The fraction of sp³-hybridized carbons (Fsp3) is 0.533. The maximum absolute atomic E-state index is 13.8. The number of piperazine rings is 1. The van der Waals surface area contributed by atoms with Crippen molar-refractivity contribution in [2.45, 2.75) is 13.3 Å². The summed E-state index contributed by atoms with van der Waals surface area (Å²) in [4.78, 5) is 14.3. The van der Waals surface area contributed by atoms with Crippen LogP contribution >= 0.6 is 12.4 Å². The van der Waals surface area contributed by atoms with E-state index in [9.17, 15) is 9.18 Å². The number of aryl methyl sites for hydroxylation is 1. The van der Waals surface area contributed by atoms with Crippen molar-refractivity contribution in [2.75, 3.05) is 39.3 Å². The van der Waals surface area contributed by atoms with Crippen LogP contribution in [0.5, 0.6) is 0 Å². The maximum atomic E-state index is 13.8. The van der Waals surface area contributed by atoms with Crippen molar-refractivity contribution < 1.29 is 9.18 Å². The molecule has 0 bridgehead atoms. The quantitative estimate of drug-likeness (QED) is 0.811. The van der Waals surface area contributed by atoms with E-state index in [1.54, 1.807) is 19.1 Å². The number of amides is 1. The molecule has 1 fully saturated rings. The maximum Gasteiger partial charge on any atom is 0.254 e. The molecule has 1 heterocycles. The van der Waals surface area contributed by atoms with E-state index in [0.717, 1.165) is 39.1 Å². The van der Waals surface area contributed by atoms with Gasteiger partial charge < -0.3 is 15.5 Å². The van der Waals surface area contributed by atoms with Crippen LogP contribution in [0.2, 0.25) is 0 Å². The second-order valence-electron chi connectivity index (χ2n) is 5.14. The van der Waals surface area contributed by atoms with E-state index in [1.165, 1.54) is 6.07 Å². The van der Waals surface area contributed by atoms with E-state index in [2.05, 4.69) is 15.5 Å². The first-order chi connectivity index (χ1) is 9.68. The molecule has 1 aliphatic heterocycles. The highest BCUT2D eigenvalue weighted by Crippen LogP contribution is 2.11. The zero-order chi connectivity index (χ0) is 14.4. The van der Waals surface area contributed by atoms with Gasteiger partial charge in [0.1, 0.15) is 5.82 Å². The highest BCUT2D eigenvalue weighted by Gasteiger charge is 2.13. The Morgan fingerprint density at radius 1 is 1.38 bits per heavy atom. The van der Waals surface area contributed by atoms with Gasteiger partial charge in [-0.05, 0) is 31.5 Å². The van der Waals surface area contributed by atoms with Gasteiger partial charge >= 0.3 is 0 Å². The summed E-state index contributed by atoms with van der Waals surface area (Å²) in [7, 11) is 0. The molecule has 1 aliphatic rings. The Morgan fingerprint density at radius 3 is 2.81 bits per heavy atom. The molecule has 2 N–H and O–H groups in total. The number of carbonyl (C=O) groups excluding carboxylic acids is 1. The SMILES string of the molecule is Cc1cccc(C(=O)NCCCN2CCNCC2)c1F.Cl. The summed E-state index contributed by atoms with van der Waals surface area (Å²) in [5.74, 6) is -0.751. The van der Waals surface area contributed by atoms with E-state index < -0.39 is 5.82 Å². The molecule has 21 heavy (non-hydrogen) atoms. The van der Waals surface area contributed by atoms with Crippen LogP contribution in [0.3, 0.4) is 0 Å². The van der Waals surface area contributed by atoms with Crippen molar-refractivity contribution in [2.24, 2.45) is 0 Å². The third-order valence-corrected chi connectivity index (χ3v) is 3.58. The summed E-state index contributed by atoms with van der Waals surface area (Å²) in [6.07, 6.45) is 0.888. The zero-order valence-corrected chi connectivity index (χ0v) is 13.1. The number of benzene rings is 1. The molecule has 1 amide bonds. The first-order valence-corrected chi connectivity index (χ1v) is 7.15. The van der Waals surface area contributed by atoms with Gasteiger partial charge in [-0.2, -0.15) is 0 Å². The molecule has 0 spiro atoms. The van der Waals surface area contributed by atoms with Crippen LogP contribution in [-0.2, 0) is 0 Å². The molecule has 0 aromatic heterocycles. The zero-order valence-electron chi connectivity index (χ0n) is 12.3. The number of rotatable bonds is 5. The number of halogens is 2. The van der Waals surface area contributed by atoms with Crippen LogP contribution in [-0.4, -0.2) is 50.1 Å². The summed E-state index contributed by atoms with van der Waals surface area (Å²) >= 11 is 0. The molecule has 0 aliphatic carbocycles. The van der Waals surface area contributed by atoms with Crippen molar-refractivity contribution in [3.05, 3.63) is 35.1 Å². The third kappa shape index (κ3) is 5.26. The third-order valence-electron chi connectivity index (χ3n) is 3.58. The fourth-order valence-corrected chi connectivity index (χ4v) is 2.36. The van der Waals surface area contributed by atoms with Gasteiger partial charge in [0.2, 0.25) is 0 Å². The molecule has 6 heteroatoms. The van der Waals surface area contributed by atoms with Gasteiger partial charge in [0.25, 0.3) is 5.91 Å². The standard InChI is InChI=1S/C15H22FN3O.ClH/c1-12-4-2-5-13(14(12)16)15(20)18-6-3-9-19-10-7-17-8-11-19;/h2,4-5,17H,3,6-11H2,1H3,(H,18,20);1H. The lowest BCUT2D eigenvalue weighted by Crippen LogP contribution is -2.44. The van der Waals surface area contributed by atoms with Gasteiger partial charge in [0, 0.05) is 32.7 Å². The number of hydrogen-bond donors (Lipinski definition) is 2. The van der Waals surface area contributed by atoms with Crippen molar-refractivity contribution in [1.29, 1.82) is 0 Å². The normalized spacial score (nSPS) is 15.3. The van der Waals surface area contributed by atoms with Crippen molar-refractivity contribution in [3.8, 4) is 0 Å². The molecule has 0 saturated carbocycles. The highest BCUT2D eigenvalue weighted by atomic mass is 35.5. The molecule has 2 rings (SSSR count). The number of carbonyl (C=O) groups is 1. The molecule has 0 unspecified atom stereocenters. The summed E-state index contributed by atoms with van der Waals surface area (Å²) < 4.78 is 13.8. The van der Waals surface area contributed by atoms with E-state index in [0.29, 0.717) is 12.1 Å². The minimum Gasteiger partial charge on any atom is -0.352 e. The van der Waals surface area contributed by atoms with Gasteiger partial charge in [-0.1, -0.05) is 12.1 Å². The Bertz CT molecular complexity index is 464. The summed E-state index contributed by atoms with van der Waals surface area (Å²) in [5, 5.41) is 6.09. The molecule has 4 nitrogen and oxygen atoms in total. The van der Waals surface area contributed by atoms with Gasteiger partial charge in [-0.15, -0.1) is 12.4 Å². The van der Waals surface area contributed by atoms with Gasteiger partial charge in [-0.25, -0.2) is 4.39 Å². The van der Waals surface area contributed by atoms with Crippen LogP contribution in [0.15, 0.2) is 18.2 Å². The van der Waals surface area contributed by atoms with Gasteiger partial charge in [-0.3, -0.25) is 4.79 Å². The molecule has 1 aromatic carbocycles. The van der Waals surface area contributed by atoms with Gasteiger partial charge in [0.05, 0.1) is 5.56 Å². The van der Waals surface area contributed by atoms with Gasteiger partial charge in [0.15, 0.2) is 0 Å². The van der Waals surface area contributed by atoms with Crippen molar-refractivity contribution >= 4 is 18.3 Å². The van der Waals surface area contributed by atoms with Crippen LogP contribution in [0.25, 0.3) is 0 Å². The average Bonchev–Trinajstić information content (AvgIpc) is 2.47. The predicted octanol–water partition coefficient (Wildman–Crippen LogP) is 1.58. The lowest BCUT2D eigenvalue weighted by Gasteiger charge is -2.27. The summed E-state index contributed by atoms with van der Waals surface area (Å²) in [6, 6.07) is 4.89. The lowest BCUT2D eigenvalue weighted by molar-refractivity contribution is 0.0947. The number of nitrogens with one attached hydrogen (secondary N) is 2. The monoisotopic (exact) mass is 315 g/mol.